The number of fused-ring (bicyclic) bond motifs is 1. The van der Waals surface area contributed by atoms with Crippen LogP contribution in [0.25, 0.3) is 0 Å². The molecule has 2 saturated carbocycles. The first-order valence-corrected chi connectivity index (χ1v) is 8.69. The monoisotopic (exact) mass is 294 g/mol. The summed E-state index contributed by atoms with van der Waals surface area (Å²) in [5.74, 6) is 1.25. The van der Waals surface area contributed by atoms with E-state index in [-0.39, 0.29) is 11.5 Å². The Labute approximate surface area is 131 Å². The molecule has 21 heavy (non-hydrogen) atoms. The number of hydrogen-bond acceptors (Lipinski definition) is 2. The zero-order valence-electron chi connectivity index (χ0n) is 14.5. The molecule has 0 saturated heterocycles. The van der Waals surface area contributed by atoms with Crippen molar-refractivity contribution in [2.24, 2.45) is 22.7 Å². The first kappa shape index (κ1) is 17.0. The lowest BCUT2D eigenvalue weighted by Crippen LogP contribution is -2.40. The van der Waals surface area contributed by atoms with Crippen molar-refractivity contribution in [3.05, 3.63) is 12.2 Å². The van der Waals surface area contributed by atoms with Crippen LogP contribution in [0.5, 0.6) is 0 Å². The van der Waals surface area contributed by atoms with Crippen LogP contribution in [0.4, 0.5) is 0 Å². The summed E-state index contributed by atoms with van der Waals surface area (Å²) in [5, 5.41) is 10.3. The van der Waals surface area contributed by atoms with Gasteiger partial charge in [0.2, 0.25) is 0 Å². The summed E-state index contributed by atoms with van der Waals surface area (Å²) in [4.78, 5) is 0. The molecule has 0 aromatic heterocycles. The maximum atomic E-state index is 10.3. The Hall–Kier alpha value is -0.340. The van der Waals surface area contributed by atoms with Crippen molar-refractivity contribution in [1.29, 1.82) is 0 Å². The molecule has 0 spiro atoms. The minimum Gasteiger partial charge on any atom is -0.393 e. The molecule has 0 aromatic carbocycles. The number of rotatable bonds is 5. The minimum atomic E-state index is -0.0599. The quantitative estimate of drug-likeness (QED) is 0.594. The molecule has 2 aliphatic carbocycles. The van der Waals surface area contributed by atoms with Gasteiger partial charge in [-0.15, -0.1) is 0 Å². The molecule has 4 atom stereocenters. The SMILES string of the molecule is C=C(COCCC1CCC2C(O)CCCC12C)C(C)(C)C. The van der Waals surface area contributed by atoms with Crippen molar-refractivity contribution in [2.45, 2.75) is 72.3 Å². The second-order valence-electron chi connectivity index (χ2n) is 8.54. The van der Waals surface area contributed by atoms with Crippen molar-refractivity contribution in [3.8, 4) is 0 Å². The van der Waals surface area contributed by atoms with Gasteiger partial charge >= 0.3 is 0 Å². The van der Waals surface area contributed by atoms with Crippen LogP contribution < -0.4 is 0 Å². The Morgan fingerprint density at radius 2 is 2.00 bits per heavy atom. The maximum absolute atomic E-state index is 10.3. The summed E-state index contributed by atoms with van der Waals surface area (Å²) in [6.07, 6.45) is 7.03. The van der Waals surface area contributed by atoms with Crippen LogP contribution in [0.1, 0.15) is 66.2 Å². The average molecular weight is 294 g/mol. The highest BCUT2D eigenvalue weighted by molar-refractivity contribution is 5.05. The number of aliphatic hydroxyl groups is 1. The van der Waals surface area contributed by atoms with Gasteiger partial charge in [0.1, 0.15) is 0 Å². The van der Waals surface area contributed by atoms with E-state index in [0.29, 0.717) is 17.9 Å². The standard InChI is InChI=1S/C19H34O2/c1-14(18(2,3)4)13-21-12-10-15-8-9-16-17(20)7-6-11-19(15,16)5/h15-17,20H,1,6-13H2,2-5H3. The molecular weight excluding hydrogens is 260 g/mol. The fourth-order valence-corrected chi connectivity index (χ4v) is 4.37. The maximum Gasteiger partial charge on any atom is 0.0679 e. The van der Waals surface area contributed by atoms with Gasteiger partial charge in [-0.05, 0) is 60.3 Å². The predicted molar refractivity (Wildman–Crippen MR) is 88.2 cm³/mol. The molecule has 0 heterocycles. The molecule has 0 bridgehead atoms. The molecule has 0 aromatic rings. The molecule has 1 N–H and O–H groups in total. The molecule has 122 valence electrons. The smallest absolute Gasteiger partial charge is 0.0679 e. The number of ether oxygens (including phenoxy) is 1. The third-order valence-corrected chi connectivity index (χ3v) is 6.23. The van der Waals surface area contributed by atoms with Crippen LogP contribution >= 0.6 is 0 Å². The van der Waals surface area contributed by atoms with E-state index in [1.165, 1.54) is 31.3 Å². The van der Waals surface area contributed by atoms with Crippen LogP contribution in [-0.4, -0.2) is 24.4 Å². The van der Waals surface area contributed by atoms with Gasteiger partial charge in [-0.1, -0.05) is 40.7 Å². The highest BCUT2D eigenvalue weighted by Gasteiger charge is 2.50. The summed E-state index contributed by atoms with van der Waals surface area (Å²) in [6, 6.07) is 0. The lowest BCUT2D eigenvalue weighted by molar-refractivity contribution is -0.0230. The average Bonchev–Trinajstić information content (AvgIpc) is 2.71. The van der Waals surface area contributed by atoms with Gasteiger partial charge in [-0.3, -0.25) is 0 Å². The molecular formula is C19H34O2. The van der Waals surface area contributed by atoms with Gasteiger partial charge in [-0.2, -0.15) is 0 Å². The summed E-state index contributed by atoms with van der Waals surface area (Å²) in [5.41, 5.74) is 1.66. The van der Waals surface area contributed by atoms with Gasteiger partial charge < -0.3 is 9.84 Å². The molecule has 2 rings (SSSR count). The molecule has 4 unspecified atom stereocenters. The highest BCUT2D eigenvalue weighted by Crippen LogP contribution is 2.56. The van der Waals surface area contributed by atoms with Gasteiger partial charge in [0, 0.05) is 6.61 Å². The Kier molecular flexibility index (Phi) is 5.20. The fourth-order valence-electron chi connectivity index (χ4n) is 4.37. The summed E-state index contributed by atoms with van der Waals surface area (Å²) >= 11 is 0. The molecule has 2 fully saturated rings. The minimum absolute atomic E-state index is 0.0599. The second kappa shape index (κ2) is 6.42. The lowest BCUT2D eigenvalue weighted by atomic mass is 9.64. The van der Waals surface area contributed by atoms with Crippen molar-refractivity contribution in [1.82, 2.24) is 0 Å². The van der Waals surface area contributed by atoms with Crippen LogP contribution in [-0.2, 0) is 4.74 Å². The van der Waals surface area contributed by atoms with E-state index in [1.54, 1.807) is 0 Å². The van der Waals surface area contributed by atoms with Crippen LogP contribution in [0.3, 0.4) is 0 Å². The Morgan fingerprint density at radius 3 is 2.67 bits per heavy atom. The zero-order chi connectivity index (χ0) is 15.7. The first-order chi connectivity index (χ1) is 9.75. The van der Waals surface area contributed by atoms with E-state index in [9.17, 15) is 5.11 Å². The van der Waals surface area contributed by atoms with E-state index in [0.717, 1.165) is 25.4 Å². The first-order valence-electron chi connectivity index (χ1n) is 8.69. The largest absolute Gasteiger partial charge is 0.393 e. The van der Waals surface area contributed by atoms with Crippen LogP contribution in [0, 0.1) is 22.7 Å². The van der Waals surface area contributed by atoms with E-state index in [2.05, 4.69) is 34.3 Å². The number of hydrogen-bond donors (Lipinski definition) is 1. The normalized spacial score (nSPS) is 36.5. The Balaban J connectivity index is 1.78. The van der Waals surface area contributed by atoms with E-state index in [4.69, 9.17) is 4.74 Å². The third kappa shape index (κ3) is 3.71. The third-order valence-electron chi connectivity index (χ3n) is 6.23. The van der Waals surface area contributed by atoms with Gasteiger partial charge in [0.05, 0.1) is 12.7 Å². The van der Waals surface area contributed by atoms with E-state index in [1.807, 2.05) is 0 Å². The van der Waals surface area contributed by atoms with Crippen LogP contribution in [0.2, 0.25) is 0 Å². The zero-order valence-corrected chi connectivity index (χ0v) is 14.5. The van der Waals surface area contributed by atoms with Gasteiger partial charge in [0.25, 0.3) is 0 Å². The van der Waals surface area contributed by atoms with Crippen molar-refractivity contribution < 1.29 is 9.84 Å². The predicted octanol–water partition coefficient (Wildman–Crippen LogP) is 4.57. The number of aliphatic hydroxyl groups excluding tert-OH is 1. The lowest BCUT2D eigenvalue weighted by Gasteiger charge is -2.43. The van der Waals surface area contributed by atoms with E-state index < -0.39 is 0 Å². The molecule has 0 amide bonds. The highest BCUT2D eigenvalue weighted by atomic mass is 16.5. The van der Waals surface area contributed by atoms with Crippen molar-refractivity contribution in [2.75, 3.05) is 13.2 Å². The topological polar surface area (TPSA) is 29.5 Å². The molecule has 2 aliphatic rings. The van der Waals surface area contributed by atoms with Gasteiger partial charge in [-0.25, -0.2) is 0 Å². The summed E-state index contributed by atoms with van der Waals surface area (Å²) in [6.45, 7) is 14.6. The molecule has 2 heteroatoms. The molecule has 0 radical (unpaired) electrons. The van der Waals surface area contributed by atoms with Crippen molar-refractivity contribution >= 4 is 0 Å². The van der Waals surface area contributed by atoms with E-state index >= 15 is 0 Å². The second-order valence-corrected chi connectivity index (χ2v) is 8.54. The van der Waals surface area contributed by atoms with Crippen LogP contribution in [0.15, 0.2) is 12.2 Å². The summed E-state index contributed by atoms with van der Waals surface area (Å²) in [7, 11) is 0. The van der Waals surface area contributed by atoms with Gasteiger partial charge in [0.15, 0.2) is 0 Å². The van der Waals surface area contributed by atoms with Crippen molar-refractivity contribution in [3.63, 3.8) is 0 Å². The molecule has 0 aliphatic heterocycles. The fraction of sp³-hybridized carbons (Fsp3) is 0.895. The summed E-state index contributed by atoms with van der Waals surface area (Å²) < 4.78 is 5.87. The Morgan fingerprint density at radius 1 is 1.29 bits per heavy atom. The molecule has 2 nitrogen and oxygen atoms in total. The Bertz CT molecular complexity index is 368.